The van der Waals surface area contributed by atoms with Gasteiger partial charge < -0.3 is 29.2 Å². The van der Waals surface area contributed by atoms with E-state index in [0.717, 1.165) is 82.5 Å². The molecule has 2 heterocycles. The predicted molar refractivity (Wildman–Crippen MR) is 139 cm³/mol. The first-order valence-electron chi connectivity index (χ1n) is 11.8. The molecule has 182 valence electrons. The minimum absolute atomic E-state index is 0. The van der Waals surface area contributed by atoms with Crippen LogP contribution in [0.2, 0.25) is 0 Å². The fourth-order valence-electron chi connectivity index (χ4n) is 3.95. The van der Waals surface area contributed by atoms with Gasteiger partial charge in [-0.15, -0.1) is 24.0 Å². The number of nitrogens with one attached hydrogen (secondary N) is 1. The smallest absolute Gasteiger partial charge is 0.193 e. The van der Waals surface area contributed by atoms with Crippen molar-refractivity contribution in [2.45, 2.75) is 57.7 Å². The third-order valence-corrected chi connectivity index (χ3v) is 5.76. The molecule has 0 saturated carbocycles. The van der Waals surface area contributed by atoms with E-state index in [0.29, 0.717) is 18.8 Å². The summed E-state index contributed by atoms with van der Waals surface area (Å²) >= 11 is 0. The fraction of sp³-hybridized carbons (Fsp3) is 0.708. The Kier molecular flexibility index (Phi) is 13.1. The molecule has 1 atom stereocenters. The SMILES string of the molecule is CCNC(=NCCCOc1ccc(OC)cc1)N1CCC(OCC2CCCCO2)CC1.I. The van der Waals surface area contributed by atoms with Gasteiger partial charge in [0.25, 0.3) is 0 Å². The van der Waals surface area contributed by atoms with E-state index in [-0.39, 0.29) is 24.0 Å². The Hall–Kier alpha value is -1.26. The van der Waals surface area contributed by atoms with Crippen molar-refractivity contribution in [3.05, 3.63) is 24.3 Å². The number of likely N-dealkylation sites (tertiary alicyclic amines) is 1. The van der Waals surface area contributed by atoms with E-state index in [1.807, 2.05) is 24.3 Å². The van der Waals surface area contributed by atoms with Crippen molar-refractivity contribution in [3.8, 4) is 11.5 Å². The second-order valence-electron chi connectivity index (χ2n) is 8.12. The van der Waals surface area contributed by atoms with Gasteiger partial charge in [-0.1, -0.05) is 0 Å². The summed E-state index contributed by atoms with van der Waals surface area (Å²) in [7, 11) is 1.66. The van der Waals surface area contributed by atoms with E-state index in [1.165, 1.54) is 12.8 Å². The number of rotatable bonds is 10. The Bertz CT molecular complexity index is 645. The van der Waals surface area contributed by atoms with Crippen LogP contribution in [0.3, 0.4) is 0 Å². The van der Waals surface area contributed by atoms with E-state index < -0.39 is 0 Å². The zero-order chi connectivity index (χ0) is 21.7. The highest BCUT2D eigenvalue weighted by molar-refractivity contribution is 14.0. The van der Waals surface area contributed by atoms with Gasteiger partial charge in [0.15, 0.2) is 5.96 Å². The molecule has 8 heteroatoms. The monoisotopic (exact) mass is 561 g/mol. The van der Waals surface area contributed by atoms with Gasteiger partial charge in [-0.05, 0) is 63.3 Å². The van der Waals surface area contributed by atoms with Crippen LogP contribution in [0.15, 0.2) is 29.3 Å². The maximum atomic E-state index is 6.14. The van der Waals surface area contributed by atoms with Crippen molar-refractivity contribution in [1.29, 1.82) is 0 Å². The van der Waals surface area contributed by atoms with Gasteiger partial charge in [0.2, 0.25) is 0 Å². The van der Waals surface area contributed by atoms with E-state index in [4.69, 9.17) is 23.9 Å². The number of benzene rings is 1. The molecule has 1 unspecified atom stereocenters. The number of hydrogen-bond acceptors (Lipinski definition) is 5. The normalized spacial score (nSPS) is 19.9. The molecule has 0 bridgehead atoms. The summed E-state index contributed by atoms with van der Waals surface area (Å²) < 4.78 is 22.9. The molecule has 2 aliphatic rings. The molecule has 3 rings (SSSR count). The summed E-state index contributed by atoms with van der Waals surface area (Å²) in [4.78, 5) is 7.16. The molecule has 2 saturated heterocycles. The van der Waals surface area contributed by atoms with Crippen molar-refractivity contribution < 1.29 is 18.9 Å². The van der Waals surface area contributed by atoms with Crippen LogP contribution in [-0.2, 0) is 9.47 Å². The summed E-state index contributed by atoms with van der Waals surface area (Å²) in [6.45, 7) is 7.96. The lowest BCUT2D eigenvalue weighted by molar-refractivity contribution is -0.0721. The molecule has 1 aromatic carbocycles. The lowest BCUT2D eigenvalue weighted by Crippen LogP contribution is -2.47. The van der Waals surface area contributed by atoms with Crippen LogP contribution < -0.4 is 14.8 Å². The van der Waals surface area contributed by atoms with Crippen molar-refractivity contribution in [3.63, 3.8) is 0 Å². The Morgan fingerprint density at radius 1 is 1.12 bits per heavy atom. The summed E-state index contributed by atoms with van der Waals surface area (Å²) in [5.41, 5.74) is 0. The van der Waals surface area contributed by atoms with Gasteiger partial charge in [0, 0.05) is 39.2 Å². The fourth-order valence-corrected chi connectivity index (χ4v) is 3.95. The maximum Gasteiger partial charge on any atom is 0.193 e. The van der Waals surface area contributed by atoms with Crippen molar-refractivity contribution in [2.75, 3.05) is 53.1 Å². The minimum atomic E-state index is 0. The van der Waals surface area contributed by atoms with Gasteiger partial charge in [-0.3, -0.25) is 4.99 Å². The second kappa shape index (κ2) is 15.6. The van der Waals surface area contributed by atoms with Crippen molar-refractivity contribution in [2.24, 2.45) is 4.99 Å². The molecular formula is C24H40IN3O4. The largest absolute Gasteiger partial charge is 0.497 e. The van der Waals surface area contributed by atoms with Gasteiger partial charge in [0.05, 0.1) is 32.5 Å². The Labute approximate surface area is 210 Å². The number of hydrogen-bond donors (Lipinski definition) is 1. The third-order valence-electron chi connectivity index (χ3n) is 5.76. The molecule has 1 N–H and O–H groups in total. The number of ether oxygens (including phenoxy) is 4. The summed E-state index contributed by atoms with van der Waals surface area (Å²) in [6, 6.07) is 7.68. The highest BCUT2D eigenvalue weighted by atomic mass is 127. The summed E-state index contributed by atoms with van der Waals surface area (Å²) in [5.74, 6) is 2.70. The number of methoxy groups -OCH3 is 1. The highest BCUT2D eigenvalue weighted by Gasteiger charge is 2.23. The second-order valence-corrected chi connectivity index (χ2v) is 8.12. The summed E-state index contributed by atoms with van der Waals surface area (Å²) in [6.07, 6.45) is 7.18. The van der Waals surface area contributed by atoms with E-state index in [9.17, 15) is 0 Å². The van der Waals surface area contributed by atoms with Gasteiger partial charge >= 0.3 is 0 Å². The molecule has 0 radical (unpaired) electrons. The zero-order valence-corrected chi connectivity index (χ0v) is 21.9. The Balaban J connectivity index is 0.00000363. The number of aliphatic imine (C=N–C) groups is 1. The third kappa shape index (κ3) is 9.31. The molecule has 2 aliphatic heterocycles. The molecule has 2 fully saturated rings. The first kappa shape index (κ1) is 27.0. The number of guanidine groups is 1. The quantitative estimate of drug-likeness (QED) is 0.201. The first-order chi connectivity index (χ1) is 15.3. The minimum Gasteiger partial charge on any atom is -0.497 e. The van der Waals surface area contributed by atoms with Crippen LogP contribution >= 0.6 is 24.0 Å². The van der Waals surface area contributed by atoms with Crippen LogP contribution in [0.4, 0.5) is 0 Å². The zero-order valence-electron chi connectivity index (χ0n) is 19.6. The maximum absolute atomic E-state index is 6.14. The van der Waals surface area contributed by atoms with Crippen LogP contribution in [-0.4, -0.2) is 76.2 Å². The van der Waals surface area contributed by atoms with Gasteiger partial charge in [-0.2, -0.15) is 0 Å². The molecule has 0 aliphatic carbocycles. The van der Waals surface area contributed by atoms with E-state index in [1.54, 1.807) is 7.11 Å². The average Bonchev–Trinajstić information content (AvgIpc) is 2.83. The summed E-state index contributed by atoms with van der Waals surface area (Å²) in [5, 5.41) is 3.43. The predicted octanol–water partition coefficient (Wildman–Crippen LogP) is 4.10. The number of piperidine rings is 1. The number of nitrogens with zero attached hydrogens (tertiary/aromatic N) is 2. The molecule has 0 spiro atoms. The molecular weight excluding hydrogens is 521 g/mol. The molecule has 32 heavy (non-hydrogen) atoms. The molecule has 0 amide bonds. The lowest BCUT2D eigenvalue weighted by atomic mass is 10.1. The number of halogens is 1. The Morgan fingerprint density at radius 2 is 1.88 bits per heavy atom. The van der Waals surface area contributed by atoms with Crippen LogP contribution in [0, 0.1) is 0 Å². The van der Waals surface area contributed by atoms with Crippen LogP contribution in [0.1, 0.15) is 45.4 Å². The standard InChI is InChI=1S/C24H39N3O4.HI/c1-3-25-24(26-14-6-18-29-21-10-8-20(28-2)9-11-21)27-15-12-22(13-16-27)31-19-23-7-4-5-17-30-23;/h8-11,22-23H,3-7,12-19H2,1-2H3,(H,25,26);1H. The van der Waals surface area contributed by atoms with E-state index in [2.05, 4.69) is 17.1 Å². The molecule has 7 nitrogen and oxygen atoms in total. The molecule has 0 aromatic heterocycles. The average molecular weight is 562 g/mol. The highest BCUT2D eigenvalue weighted by Crippen LogP contribution is 2.19. The molecule has 1 aromatic rings. The van der Waals surface area contributed by atoms with Gasteiger partial charge in [0.1, 0.15) is 11.5 Å². The Morgan fingerprint density at radius 3 is 2.53 bits per heavy atom. The first-order valence-corrected chi connectivity index (χ1v) is 11.8. The lowest BCUT2D eigenvalue weighted by Gasteiger charge is -2.35. The van der Waals surface area contributed by atoms with E-state index >= 15 is 0 Å². The van der Waals surface area contributed by atoms with Gasteiger partial charge in [-0.25, -0.2) is 0 Å². The van der Waals surface area contributed by atoms with Crippen molar-refractivity contribution >= 4 is 29.9 Å². The topological polar surface area (TPSA) is 64.6 Å². The van der Waals surface area contributed by atoms with Crippen molar-refractivity contribution in [1.82, 2.24) is 10.2 Å². The van der Waals surface area contributed by atoms with Crippen LogP contribution in [0.5, 0.6) is 11.5 Å². The van der Waals surface area contributed by atoms with Crippen LogP contribution in [0.25, 0.3) is 0 Å².